The van der Waals surface area contributed by atoms with E-state index in [2.05, 4.69) is 10.2 Å². The maximum absolute atomic E-state index is 6.90. The molecule has 1 aliphatic heterocycles. The van der Waals surface area contributed by atoms with Crippen LogP contribution in [0.3, 0.4) is 0 Å². The van der Waals surface area contributed by atoms with Gasteiger partial charge in [-0.25, -0.2) is 11.9 Å². The number of nitrogens with zero attached hydrogens (tertiary/aromatic N) is 1. The summed E-state index contributed by atoms with van der Waals surface area (Å²) in [7, 11) is 1.86. The van der Waals surface area contributed by atoms with Crippen LogP contribution in [0.25, 0.3) is 4.85 Å². The summed E-state index contributed by atoms with van der Waals surface area (Å²) >= 11 is 1.85. The van der Waals surface area contributed by atoms with Crippen molar-refractivity contribution in [2.45, 2.75) is 12.1 Å². The number of hydrogen-bond donors (Lipinski definition) is 1. The third-order valence-corrected chi connectivity index (χ3v) is 2.85. The van der Waals surface area contributed by atoms with E-state index in [0.717, 1.165) is 17.9 Å². The van der Waals surface area contributed by atoms with Crippen molar-refractivity contribution in [2.75, 3.05) is 18.6 Å². The molecule has 1 saturated heterocycles. The van der Waals surface area contributed by atoms with E-state index < -0.39 is 0 Å². The highest BCUT2D eigenvalue weighted by atomic mass is 32.2. The zero-order valence-electron chi connectivity index (χ0n) is 5.48. The summed E-state index contributed by atoms with van der Waals surface area (Å²) in [6.45, 7) is 6.90. The predicted molar refractivity (Wildman–Crippen MR) is 40.3 cm³/mol. The van der Waals surface area contributed by atoms with Gasteiger partial charge in [0.1, 0.15) is 0 Å². The van der Waals surface area contributed by atoms with Gasteiger partial charge in [0.2, 0.25) is 0 Å². The first-order valence-electron chi connectivity index (χ1n) is 2.98. The van der Waals surface area contributed by atoms with E-state index in [-0.39, 0.29) is 5.66 Å². The first-order valence-corrected chi connectivity index (χ1v) is 4.14. The monoisotopic (exact) mass is 142 g/mol. The Morgan fingerprint density at radius 3 is 2.78 bits per heavy atom. The van der Waals surface area contributed by atoms with Crippen LogP contribution in [-0.2, 0) is 0 Å². The van der Waals surface area contributed by atoms with Crippen molar-refractivity contribution in [1.29, 1.82) is 0 Å². The number of thioether (sulfide) groups is 1. The number of rotatable bonds is 1. The van der Waals surface area contributed by atoms with Crippen LogP contribution in [0.5, 0.6) is 0 Å². The Bertz CT molecular complexity index is 132. The lowest BCUT2D eigenvalue weighted by Crippen LogP contribution is -2.39. The zero-order valence-corrected chi connectivity index (χ0v) is 6.29. The van der Waals surface area contributed by atoms with Crippen LogP contribution in [0.1, 0.15) is 6.42 Å². The Hall–Kier alpha value is -0.200. The van der Waals surface area contributed by atoms with Gasteiger partial charge in [-0.15, -0.1) is 0 Å². The molecule has 0 saturated carbocycles. The molecule has 0 aliphatic carbocycles. The van der Waals surface area contributed by atoms with Crippen LogP contribution in [0.2, 0.25) is 0 Å². The van der Waals surface area contributed by atoms with E-state index in [9.17, 15) is 0 Å². The van der Waals surface area contributed by atoms with Crippen molar-refractivity contribution in [2.24, 2.45) is 0 Å². The molecule has 0 aromatic rings. The van der Waals surface area contributed by atoms with E-state index in [0.29, 0.717) is 0 Å². The minimum atomic E-state index is -0.218. The summed E-state index contributed by atoms with van der Waals surface area (Å²) in [5, 5.41) is 3.05. The second-order valence-electron chi connectivity index (χ2n) is 2.20. The molecule has 9 heavy (non-hydrogen) atoms. The minimum absolute atomic E-state index is 0.218. The highest BCUT2D eigenvalue weighted by Crippen LogP contribution is 2.28. The second kappa shape index (κ2) is 2.59. The molecule has 1 atom stereocenters. The van der Waals surface area contributed by atoms with E-state index in [4.69, 9.17) is 6.57 Å². The summed E-state index contributed by atoms with van der Waals surface area (Å²) < 4.78 is 0. The average Bonchev–Trinajstić information content (AvgIpc) is 2.36. The van der Waals surface area contributed by atoms with Crippen LogP contribution in [-0.4, -0.2) is 24.2 Å². The first kappa shape index (κ1) is 6.91. The smallest absolute Gasteiger partial charge is 0.292 e. The molecular formula is C6H10N2S. The molecule has 1 aliphatic rings. The lowest BCUT2D eigenvalue weighted by atomic mass is 10.1. The Kier molecular flexibility index (Phi) is 1.99. The molecule has 1 unspecified atom stereocenters. The normalized spacial score (nSPS) is 34.2. The fraction of sp³-hybridized carbons (Fsp3) is 0.833. The fourth-order valence-electron chi connectivity index (χ4n) is 0.895. The van der Waals surface area contributed by atoms with Crippen LogP contribution < -0.4 is 5.32 Å². The molecule has 0 aromatic carbocycles. The molecule has 0 aromatic heterocycles. The van der Waals surface area contributed by atoms with Gasteiger partial charge in [-0.3, -0.25) is 4.85 Å². The topological polar surface area (TPSA) is 16.4 Å². The molecule has 0 amide bonds. The molecule has 1 rings (SSSR count). The average molecular weight is 142 g/mol. The quantitative estimate of drug-likeness (QED) is 0.549. The maximum atomic E-state index is 6.90. The predicted octanol–water partition coefficient (Wildman–Crippen LogP) is 0.958. The van der Waals surface area contributed by atoms with E-state index in [1.54, 1.807) is 0 Å². The third-order valence-electron chi connectivity index (χ3n) is 1.68. The van der Waals surface area contributed by atoms with E-state index in [1.165, 1.54) is 0 Å². The van der Waals surface area contributed by atoms with Crippen molar-refractivity contribution in [1.82, 2.24) is 5.32 Å². The largest absolute Gasteiger partial charge is 0.295 e. The van der Waals surface area contributed by atoms with E-state index >= 15 is 0 Å². The summed E-state index contributed by atoms with van der Waals surface area (Å²) in [5.74, 6) is 2.08. The Balaban J connectivity index is 2.59. The van der Waals surface area contributed by atoms with Crippen molar-refractivity contribution in [3.05, 3.63) is 11.4 Å². The zero-order chi connectivity index (χ0) is 6.74. The van der Waals surface area contributed by atoms with Crippen LogP contribution in [0, 0.1) is 6.57 Å². The van der Waals surface area contributed by atoms with Gasteiger partial charge in [0.15, 0.2) is 0 Å². The van der Waals surface area contributed by atoms with Gasteiger partial charge in [0, 0.05) is 5.75 Å². The Morgan fingerprint density at radius 1 is 1.78 bits per heavy atom. The van der Waals surface area contributed by atoms with E-state index in [1.807, 2.05) is 18.8 Å². The van der Waals surface area contributed by atoms with Gasteiger partial charge >= 0.3 is 0 Å². The van der Waals surface area contributed by atoms with Crippen LogP contribution in [0.15, 0.2) is 0 Å². The standard InChI is InChI=1S/C6H10N2S/c1-7-6(8-2)3-4-9-5-6/h7H,3-5H2,1H3. The molecular weight excluding hydrogens is 132 g/mol. The summed E-state index contributed by atoms with van der Waals surface area (Å²) in [4.78, 5) is 3.56. The van der Waals surface area contributed by atoms with Gasteiger partial charge in [0.25, 0.3) is 5.66 Å². The Morgan fingerprint density at radius 2 is 2.56 bits per heavy atom. The molecule has 0 spiro atoms. The molecule has 1 fully saturated rings. The number of nitrogens with one attached hydrogen (secondary N) is 1. The summed E-state index contributed by atoms with van der Waals surface area (Å²) in [6.07, 6.45) is 0.998. The van der Waals surface area contributed by atoms with Gasteiger partial charge < -0.3 is 0 Å². The van der Waals surface area contributed by atoms with Gasteiger partial charge in [-0.2, -0.15) is 11.8 Å². The fourth-order valence-corrected chi connectivity index (χ4v) is 2.21. The molecule has 0 radical (unpaired) electrons. The van der Waals surface area contributed by atoms with Crippen molar-refractivity contribution < 1.29 is 0 Å². The summed E-state index contributed by atoms with van der Waals surface area (Å²) in [6, 6.07) is 0. The van der Waals surface area contributed by atoms with Crippen molar-refractivity contribution in [3.63, 3.8) is 0 Å². The first-order chi connectivity index (χ1) is 4.33. The lowest BCUT2D eigenvalue weighted by molar-refractivity contribution is 0.487. The Labute approximate surface area is 59.8 Å². The minimum Gasteiger partial charge on any atom is -0.292 e. The SMILES string of the molecule is [C-]#[N+]C1(NC)CCSC1. The van der Waals surface area contributed by atoms with Gasteiger partial charge in [-0.05, 0) is 7.05 Å². The molecule has 2 nitrogen and oxygen atoms in total. The second-order valence-corrected chi connectivity index (χ2v) is 3.30. The molecule has 50 valence electrons. The van der Waals surface area contributed by atoms with Gasteiger partial charge in [0.05, 0.1) is 12.2 Å². The van der Waals surface area contributed by atoms with Crippen molar-refractivity contribution in [3.8, 4) is 0 Å². The van der Waals surface area contributed by atoms with Crippen LogP contribution in [0.4, 0.5) is 0 Å². The molecule has 1 heterocycles. The highest BCUT2D eigenvalue weighted by molar-refractivity contribution is 7.99. The lowest BCUT2D eigenvalue weighted by Gasteiger charge is -2.11. The molecule has 0 bridgehead atoms. The maximum Gasteiger partial charge on any atom is 0.295 e. The van der Waals surface area contributed by atoms with Crippen molar-refractivity contribution >= 4 is 11.8 Å². The highest BCUT2D eigenvalue weighted by Gasteiger charge is 2.38. The molecule has 1 N–H and O–H groups in total. The number of hydrogen-bond acceptors (Lipinski definition) is 2. The van der Waals surface area contributed by atoms with Gasteiger partial charge in [-0.1, -0.05) is 0 Å². The van der Waals surface area contributed by atoms with Crippen LogP contribution >= 0.6 is 11.8 Å². The third kappa shape index (κ3) is 1.20. The molecule has 3 heteroatoms. The summed E-state index contributed by atoms with van der Waals surface area (Å²) in [5.41, 5.74) is -0.218.